The SMILES string of the molecule is OC1(CNC2Cc3ccc(Cl)cc3C2)CCCC1. The molecule has 0 amide bonds. The second kappa shape index (κ2) is 4.84. The molecule has 2 aliphatic rings. The van der Waals surface area contributed by atoms with Gasteiger partial charge >= 0.3 is 0 Å². The van der Waals surface area contributed by atoms with Crippen LogP contribution in [0.15, 0.2) is 18.2 Å². The number of hydrogen-bond acceptors (Lipinski definition) is 2. The van der Waals surface area contributed by atoms with Crippen LogP contribution in [0.5, 0.6) is 0 Å². The molecule has 1 saturated carbocycles. The van der Waals surface area contributed by atoms with Crippen molar-refractivity contribution >= 4 is 11.6 Å². The van der Waals surface area contributed by atoms with Crippen LogP contribution in [0.3, 0.4) is 0 Å². The van der Waals surface area contributed by atoms with Crippen LogP contribution in [0.2, 0.25) is 5.02 Å². The highest BCUT2D eigenvalue weighted by Crippen LogP contribution is 2.30. The molecule has 0 aromatic heterocycles. The van der Waals surface area contributed by atoms with Crippen LogP contribution in [0.4, 0.5) is 0 Å². The molecule has 3 rings (SSSR count). The number of halogens is 1. The van der Waals surface area contributed by atoms with Crippen molar-refractivity contribution < 1.29 is 5.11 Å². The summed E-state index contributed by atoms with van der Waals surface area (Å²) < 4.78 is 0. The molecule has 2 aliphatic carbocycles. The van der Waals surface area contributed by atoms with Gasteiger partial charge in [0.25, 0.3) is 0 Å². The molecule has 0 aliphatic heterocycles. The minimum atomic E-state index is -0.452. The number of nitrogens with one attached hydrogen (secondary N) is 1. The highest BCUT2D eigenvalue weighted by atomic mass is 35.5. The molecule has 1 fully saturated rings. The van der Waals surface area contributed by atoms with Crippen molar-refractivity contribution in [3.8, 4) is 0 Å². The Hall–Kier alpha value is -0.570. The summed E-state index contributed by atoms with van der Waals surface area (Å²) in [6, 6.07) is 6.63. The van der Waals surface area contributed by atoms with E-state index in [0.29, 0.717) is 6.04 Å². The van der Waals surface area contributed by atoms with E-state index in [1.54, 1.807) is 0 Å². The average molecular weight is 266 g/mol. The van der Waals surface area contributed by atoms with Gasteiger partial charge in [-0.2, -0.15) is 0 Å². The molecule has 1 unspecified atom stereocenters. The monoisotopic (exact) mass is 265 g/mol. The van der Waals surface area contributed by atoms with E-state index in [0.717, 1.165) is 37.3 Å². The summed E-state index contributed by atoms with van der Waals surface area (Å²) in [4.78, 5) is 0. The first kappa shape index (κ1) is 12.5. The van der Waals surface area contributed by atoms with Gasteiger partial charge in [0.1, 0.15) is 0 Å². The van der Waals surface area contributed by atoms with Crippen molar-refractivity contribution in [2.45, 2.75) is 50.2 Å². The average Bonchev–Trinajstić information content (AvgIpc) is 2.93. The maximum atomic E-state index is 10.3. The number of aliphatic hydroxyl groups is 1. The van der Waals surface area contributed by atoms with Gasteiger partial charge in [0.15, 0.2) is 0 Å². The molecule has 18 heavy (non-hydrogen) atoms. The summed E-state index contributed by atoms with van der Waals surface area (Å²) >= 11 is 6.01. The summed E-state index contributed by atoms with van der Waals surface area (Å²) in [6.07, 6.45) is 6.32. The molecule has 1 atom stereocenters. The molecule has 2 nitrogen and oxygen atoms in total. The summed E-state index contributed by atoms with van der Waals surface area (Å²) in [6.45, 7) is 0.736. The minimum absolute atomic E-state index is 0.452. The zero-order valence-corrected chi connectivity index (χ0v) is 11.3. The zero-order valence-electron chi connectivity index (χ0n) is 10.6. The molecule has 0 heterocycles. The Kier molecular flexibility index (Phi) is 3.35. The van der Waals surface area contributed by atoms with Crippen LogP contribution in [0, 0.1) is 0 Å². The van der Waals surface area contributed by atoms with Crippen LogP contribution >= 0.6 is 11.6 Å². The van der Waals surface area contributed by atoms with E-state index in [-0.39, 0.29) is 0 Å². The predicted octanol–water partition coefficient (Wildman–Crippen LogP) is 2.70. The second-order valence-corrected chi connectivity index (χ2v) is 6.27. The van der Waals surface area contributed by atoms with Crippen molar-refractivity contribution in [2.75, 3.05) is 6.54 Å². The van der Waals surface area contributed by atoms with E-state index >= 15 is 0 Å². The Labute approximate surface area is 113 Å². The smallest absolute Gasteiger partial charge is 0.0771 e. The van der Waals surface area contributed by atoms with E-state index < -0.39 is 5.60 Å². The van der Waals surface area contributed by atoms with Gasteiger partial charge in [0, 0.05) is 17.6 Å². The maximum Gasteiger partial charge on any atom is 0.0771 e. The van der Waals surface area contributed by atoms with Crippen molar-refractivity contribution in [3.63, 3.8) is 0 Å². The minimum Gasteiger partial charge on any atom is -0.389 e. The lowest BCUT2D eigenvalue weighted by atomic mass is 10.0. The van der Waals surface area contributed by atoms with Crippen LogP contribution in [-0.4, -0.2) is 23.3 Å². The van der Waals surface area contributed by atoms with Crippen LogP contribution in [0.25, 0.3) is 0 Å². The van der Waals surface area contributed by atoms with Crippen molar-refractivity contribution in [1.82, 2.24) is 5.32 Å². The van der Waals surface area contributed by atoms with E-state index in [1.807, 2.05) is 6.07 Å². The standard InChI is InChI=1S/C15H20ClNO/c16-13-4-3-11-8-14(9-12(11)7-13)17-10-15(18)5-1-2-6-15/h3-4,7,14,17-18H,1-2,5-6,8-10H2. The van der Waals surface area contributed by atoms with E-state index in [4.69, 9.17) is 11.6 Å². The van der Waals surface area contributed by atoms with Gasteiger partial charge in [-0.3, -0.25) is 0 Å². The lowest BCUT2D eigenvalue weighted by molar-refractivity contribution is 0.0451. The molecule has 98 valence electrons. The summed E-state index contributed by atoms with van der Waals surface area (Å²) in [5.41, 5.74) is 2.31. The Morgan fingerprint density at radius 2 is 1.94 bits per heavy atom. The van der Waals surface area contributed by atoms with Gasteiger partial charge in [-0.1, -0.05) is 30.5 Å². The largest absolute Gasteiger partial charge is 0.389 e. The summed E-state index contributed by atoms with van der Waals surface area (Å²) in [5.74, 6) is 0. The zero-order chi connectivity index (χ0) is 12.6. The lowest BCUT2D eigenvalue weighted by Gasteiger charge is -2.24. The molecule has 0 saturated heterocycles. The van der Waals surface area contributed by atoms with Gasteiger partial charge in [-0.05, 0) is 48.9 Å². The van der Waals surface area contributed by atoms with Gasteiger partial charge < -0.3 is 10.4 Å². The Morgan fingerprint density at radius 1 is 1.22 bits per heavy atom. The number of fused-ring (bicyclic) bond motifs is 1. The Balaban J connectivity index is 1.58. The fourth-order valence-electron chi connectivity index (χ4n) is 3.28. The van der Waals surface area contributed by atoms with Gasteiger partial charge in [-0.25, -0.2) is 0 Å². The van der Waals surface area contributed by atoms with Gasteiger partial charge in [0.2, 0.25) is 0 Å². The van der Waals surface area contributed by atoms with Crippen LogP contribution < -0.4 is 5.32 Å². The number of hydrogen-bond donors (Lipinski definition) is 2. The molecular weight excluding hydrogens is 246 g/mol. The quantitative estimate of drug-likeness (QED) is 0.881. The fraction of sp³-hybridized carbons (Fsp3) is 0.600. The van der Waals surface area contributed by atoms with Gasteiger partial charge in [-0.15, -0.1) is 0 Å². The van der Waals surface area contributed by atoms with Crippen LogP contribution in [-0.2, 0) is 12.8 Å². The molecule has 0 spiro atoms. The predicted molar refractivity (Wildman–Crippen MR) is 74.1 cm³/mol. The summed E-state index contributed by atoms with van der Waals surface area (Å²) in [5, 5.41) is 14.7. The topological polar surface area (TPSA) is 32.3 Å². The molecular formula is C15H20ClNO. The Morgan fingerprint density at radius 3 is 2.72 bits per heavy atom. The van der Waals surface area contributed by atoms with Crippen molar-refractivity contribution in [3.05, 3.63) is 34.3 Å². The molecule has 0 bridgehead atoms. The Bertz CT molecular complexity index is 440. The first-order valence-corrected chi connectivity index (χ1v) is 7.26. The third-order valence-corrected chi connectivity index (χ3v) is 4.59. The third kappa shape index (κ3) is 2.56. The highest BCUT2D eigenvalue weighted by Gasteiger charge is 2.32. The van der Waals surface area contributed by atoms with Crippen molar-refractivity contribution in [2.24, 2.45) is 0 Å². The van der Waals surface area contributed by atoms with E-state index in [2.05, 4.69) is 17.4 Å². The normalized spacial score (nSPS) is 25.3. The molecule has 1 aromatic carbocycles. The van der Waals surface area contributed by atoms with Crippen LogP contribution in [0.1, 0.15) is 36.8 Å². The lowest BCUT2D eigenvalue weighted by Crippen LogP contribution is -2.43. The third-order valence-electron chi connectivity index (χ3n) is 4.35. The molecule has 1 aromatic rings. The fourth-order valence-corrected chi connectivity index (χ4v) is 3.47. The van der Waals surface area contributed by atoms with Crippen molar-refractivity contribution in [1.29, 1.82) is 0 Å². The second-order valence-electron chi connectivity index (χ2n) is 5.83. The molecule has 0 radical (unpaired) electrons. The number of rotatable bonds is 3. The van der Waals surface area contributed by atoms with Gasteiger partial charge in [0.05, 0.1) is 5.60 Å². The first-order valence-electron chi connectivity index (χ1n) is 6.88. The molecule has 2 N–H and O–H groups in total. The summed E-state index contributed by atoms with van der Waals surface area (Å²) in [7, 11) is 0. The first-order chi connectivity index (χ1) is 8.65. The highest BCUT2D eigenvalue weighted by molar-refractivity contribution is 6.30. The van der Waals surface area contributed by atoms with E-state index in [9.17, 15) is 5.11 Å². The maximum absolute atomic E-state index is 10.3. The van der Waals surface area contributed by atoms with E-state index in [1.165, 1.54) is 24.0 Å². The number of benzene rings is 1. The molecule has 3 heteroatoms.